The molecule has 0 aliphatic carbocycles. The largest absolute Gasteiger partial charge is 0.342 e. The molecule has 3 rings (SSSR count). The van der Waals surface area contributed by atoms with E-state index in [1.165, 1.54) is 6.92 Å². The second-order valence-corrected chi connectivity index (χ2v) is 7.36. The Morgan fingerprint density at radius 1 is 1.15 bits per heavy atom. The van der Waals surface area contributed by atoms with Crippen LogP contribution in [0.25, 0.3) is 0 Å². The van der Waals surface area contributed by atoms with E-state index >= 15 is 0 Å². The van der Waals surface area contributed by atoms with Crippen LogP contribution < -0.4 is 11.3 Å². The molecule has 0 bridgehead atoms. The van der Waals surface area contributed by atoms with Crippen LogP contribution in [0.2, 0.25) is 0 Å². The van der Waals surface area contributed by atoms with Crippen molar-refractivity contribution < 1.29 is 9.59 Å². The third-order valence-electron chi connectivity index (χ3n) is 5.36. The molecule has 2 aliphatic rings. The zero-order valence-electron chi connectivity index (χ0n) is 15.5. The smallest absolute Gasteiger partial charge is 0.254 e. The number of nitrogens with one attached hydrogen (secondary N) is 1. The molecule has 3 heterocycles. The van der Waals surface area contributed by atoms with E-state index in [4.69, 9.17) is 5.73 Å². The molecule has 2 amide bonds. The number of likely N-dealkylation sites (tertiary alicyclic amines) is 1. The summed E-state index contributed by atoms with van der Waals surface area (Å²) >= 11 is 0. The van der Waals surface area contributed by atoms with Gasteiger partial charge in [-0.3, -0.25) is 14.4 Å². The number of hydrogen-bond donors (Lipinski definition) is 2. The molecule has 2 atom stereocenters. The summed E-state index contributed by atoms with van der Waals surface area (Å²) in [6.45, 7) is 5.25. The normalized spacial score (nSPS) is 23.8. The van der Waals surface area contributed by atoms with E-state index in [0.717, 1.165) is 12.1 Å². The van der Waals surface area contributed by atoms with Crippen LogP contribution in [0.15, 0.2) is 4.79 Å². The summed E-state index contributed by atoms with van der Waals surface area (Å²) in [5, 5.41) is 0. The molecule has 1 aromatic heterocycles. The minimum Gasteiger partial charge on any atom is -0.342 e. The lowest BCUT2D eigenvalue weighted by molar-refractivity contribution is -0.137. The molecular formula is C18H27N5O3. The number of nitrogens with two attached hydrogens (primary N) is 1. The third-order valence-corrected chi connectivity index (χ3v) is 5.36. The van der Waals surface area contributed by atoms with E-state index in [-0.39, 0.29) is 29.3 Å². The van der Waals surface area contributed by atoms with Gasteiger partial charge in [-0.25, -0.2) is 4.98 Å². The van der Waals surface area contributed by atoms with Gasteiger partial charge >= 0.3 is 0 Å². The fourth-order valence-corrected chi connectivity index (χ4v) is 3.89. The van der Waals surface area contributed by atoms with E-state index in [1.54, 1.807) is 11.8 Å². The number of aromatic amines is 1. The van der Waals surface area contributed by atoms with Crippen molar-refractivity contribution in [1.29, 1.82) is 0 Å². The van der Waals surface area contributed by atoms with Crippen molar-refractivity contribution in [3.8, 4) is 0 Å². The highest BCUT2D eigenvalue weighted by atomic mass is 16.2. The van der Waals surface area contributed by atoms with Crippen LogP contribution in [0, 0.1) is 12.8 Å². The van der Waals surface area contributed by atoms with Gasteiger partial charge in [-0.15, -0.1) is 0 Å². The summed E-state index contributed by atoms with van der Waals surface area (Å²) < 4.78 is 0. The third kappa shape index (κ3) is 3.95. The predicted molar refractivity (Wildman–Crippen MR) is 96.5 cm³/mol. The number of hydrogen-bond acceptors (Lipinski definition) is 5. The number of amides is 2. The molecule has 142 valence electrons. The first kappa shape index (κ1) is 18.6. The summed E-state index contributed by atoms with van der Waals surface area (Å²) in [6.07, 6.45) is 2.50. The Morgan fingerprint density at radius 2 is 1.88 bits per heavy atom. The van der Waals surface area contributed by atoms with Gasteiger partial charge in [0.15, 0.2) is 0 Å². The maximum absolute atomic E-state index is 13.1. The molecule has 8 heteroatoms. The highest BCUT2D eigenvalue weighted by Crippen LogP contribution is 2.20. The Balaban J connectivity index is 1.73. The Bertz CT molecular complexity index is 760. The molecule has 1 aromatic rings. The van der Waals surface area contributed by atoms with Gasteiger partial charge in [-0.2, -0.15) is 0 Å². The minimum atomic E-state index is -0.235. The zero-order valence-corrected chi connectivity index (χ0v) is 15.5. The van der Waals surface area contributed by atoms with Crippen LogP contribution in [-0.4, -0.2) is 63.8 Å². The van der Waals surface area contributed by atoms with Crippen LogP contribution in [0.1, 0.15) is 36.8 Å². The first-order valence-electron chi connectivity index (χ1n) is 9.23. The Hall–Kier alpha value is -2.22. The minimum absolute atomic E-state index is 0.0466. The maximum atomic E-state index is 13.1. The maximum Gasteiger partial charge on any atom is 0.254 e. The van der Waals surface area contributed by atoms with E-state index in [1.807, 2.05) is 4.90 Å². The quantitative estimate of drug-likeness (QED) is 0.706. The fourth-order valence-electron chi connectivity index (χ4n) is 3.89. The van der Waals surface area contributed by atoms with Crippen LogP contribution in [0.3, 0.4) is 0 Å². The summed E-state index contributed by atoms with van der Waals surface area (Å²) in [5.41, 5.74) is 7.41. The van der Waals surface area contributed by atoms with Crippen molar-refractivity contribution >= 4 is 11.8 Å². The average Bonchev–Trinajstić information content (AvgIpc) is 2.90. The van der Waals surface area contributed by atoms with Gasteiger partial charge in [0, 0.05) is 51.1 Å². The Morgan fingerprint density at radius 3 is 2.62 bits per heavy atom. The van der Waals surface area contributed by atoms with Crippen molar-refractivity contribution in [3.05, 3.63) is 27.4 Å². The first-order chi connectivity index (χ1) is 12.3. The van der Waals surface area contributed by atoms with Gasteiger partial charge in [0.1, 0.15) is 5.82 Å². The second-order valence-electron chi connectivity index (χ2n) is 7.36. The molecular weight excluding hydrogens is 334 g/mol. The molecule has 1 saturated heterocycles. The van der Waals surface area contributed by atoms with Crippen LogP contribution in [0.5, 0.6) is 0 Å². The van der Waals surface area contributed by atoms with Crippen LogP contribution in [-0.2, 0) is 22.4 Å². The fraction of sp³-hybridized carbons (Fsp3) is 0.667. The van der Waals surface area contributed by atoms with Gasteiger partial charge in [-0.05, 0) is 26.2 Å². The highest BCUT2D eigenvalue weighted by molar-refractivity contribution is 5.80. The number of H-pyrrole nitrogens is 1. The molecule has 26 heavy (non-hydrogen) atoms. The topological polar surface area (TPSA) is 112 Å². The molecule has 0 unspecified atom stereocenters. The summed E-state index contributed by atoms with van der Waals surface area (Å²) in [5.74, 6) is 0.367. The van der Waals surface area contributed by atoms with Gasteiger partial charge in [0.2, 0.25) is 11.8 Å². The summed E-state index contributed by atoms with van der Waals surface area (Å²) in [7, 11) is 0. The van der Waals surface area contributed by atoms with Crippen molar-refractivity contribution in [2.24, 2.45) is 11.7 Å². The standard InChI is InChI=1S/C18H27N5O3/c1-11-20-16-6-8-22(7-5-15(16)17(25)21-11)18(26)13-3-4-14(19)10-23(9-13)12(2)24/h13-14H,3-10,19H2,1-2H3,(H,20,21,25)/t13-,14+/m1/s1. The number of fused-ring (bicyclic) bond motifs is 1. The molecule has 8 nitrogen and oxygen atoms in total. The molecule has 0 aromatic carbocycles. The second kappa shape index (κ2) is 7.57. The Labute approximate surface area is 152 Å². The van der Waals surface area contributed by atoms with Gasteiger partial charge in [-0.1, -0.05) is 0 Å². The van der Waals surface area contributed by atoms with Crippen molar-refractivity contribution in [2.75, 3.05) is 26.2 Å². The molecule has 3 N–H and O–H groups in total. The number of rotatable bonds is 1. The van der Waals surface area contributed by atoms with E-state index in [9.17, 15) is 14.4 Å². The first-order valence-corrected chi connectivity index (χ1v) is 9.23. The monoisotopic (exact) mass is 361 g/mol. The van der Waals surface area contributed by atoms with Crippen LogP contribution >= 0.6 is 0 Å². The highest BCUT2D eigenvalue weighted by Gasteiger charge is 2.32. The van der Waals surface area contributed by atoms with Gasteiger partial charge in [0.05, 0.1) is 11.6 Å². The predicted octanol–water partition coefficient (Wildman–Crippen LogP) is -0.409. The van der Waals surface area contributed by atoms with E-state index < -0.39 is 0 Å². The lowest BCUT2D eigenvalue weighted by atomic mass is 10.0. The van der Waals surface area contributed by atoms with E-state index in [2.05, 4.69) is 9.97 Å². The summed E-state index contributed by atoms with van der Waals surface area (Å²) in [6, 6.07) is -0.0872. The lowest BCUT2D eigenvalue weighted by Gasteiger charge is -2.28. The zero-order chi connectivity index (χ0) is 18.8. The number of nitrogens with zero attached hydrogens (tertiary/aromatic N) is 3. The van der Waals surface area contributed by atoms with Crippen molar-refractivity contribution in [3.63, 3.8) is 0 Å². The molecule has 0 saturated carbocycles. The SMILES string of the molecule is CC(=O)N1C[C@@H](N)CC[C@@H](C(=O)N2CCc3nc(C)[nH]c(=O)c3CC2)C1. The number of aryl methyl sites for hydroxylation is 1. The van der Waals surface area contributed by atoms with Crippen LogP contribution in [0.4, 0.5) is 0 Å². The number of aromatic nitrogens is 2. The number of carbonyl (C=O) groups excluding carboxylic acids is 2. The molecule has 1 fully saturated rings. The van der Waals surface area contributed by atoms with E-state index in [0.29, 0.717) is 56.8 Å². The molecule has 0 radical (unpaired) electrons. The summed E-state index contributed by atoms with van der Waals surface area (Å²) in [4.78, 5) is 47.7. The van der Waals surface area contributed by atoms with Gasteiger partial charge in [0.25, 0.3) is 5.56 Å². The number of carbonyl (C=O) groups is 2. The van der Waals surface area contributed by atoms with Crippen molar-refractivity contribution in [1.82, 2.24) is 19.8 Å². The van der Waals surface area contributed by atoms with Crippen molar-refractivity contribution in [2.45, 2.75) is 45.6 Å². The van der Waals surface area contributed by atoms with Gasteiger partial charge < -0.3 is 20.5 Å². The Kier molecular flexibility index (Phi) is 5.41. The average molecular weight is 361 g/mol. The molecule has 0 spiro atoms. The lowest BCUT2D eigenvalue weighted by Crippen LogP contribution is -2.44. The molecule has 2 aliphatic heterocycles.